The summed E-state index contributed by atoms with van der Waals surface area (Å²) in [5.41, 5.74) is 1.23. The van der Waals surface area contributed by atoms with Crippen LogP contribution in [0.25, 0.3) is 0 Å². The summed E-state index contributed by atoms with van der Waals surface area (Å²) in [6.45, 7) is 1.92. The molecule has 1 aliphatic carbocycles. The van der Waals surface area contributed by atoms with Crippen LogP contribution in [0.1, 0.15) is 31.2 Å². The van der Waals surface area contributed by atoms with Gasteiger partial charge in [0.25, 0.3) is 0 Å². The summed E-state index contributed by atoms with van der Waals surface area (Å²) in [7, 11) is 0. The molecule has 0 unspecified atom stereocenters. The van der Waals surface area contributed by atoms with Crippen LogP contribution < -0.4 is 5.32 Å². The first-order chi connectivity index (χ1) is 8.24. The van der Waals surface area contributed by atoms with Gasteiger partial charge in [0.2, 0.25) is 0 Å². The first-order valence-corrected chi connectivity index (χ1v) is 6.75. The molecule has 1 aromatic rings. The van der Waals surface area contributed by atoms with Crippen LogP contribution in [0.5, 0.6) is 0 Å². The third-order valence-electron chi connectivity index (χ3n) is 3.47. The van der Waals surface area contributed by atoms with Gasteiger partial charge in [-0.05, 0) is 55.8 Å². The lowest BCUT2D eigenvalue weighted by Crippen LogP contribution is -2.27. The van der Waals surface area contributed by atoms with E-state index in [4.69, 9.17) is 11.6 Å². The van der Waals surface area contributed by atoms with Gasteiger partial charge in [-0.2, -0.15) is 0 Å². The fraction of sp³-hybridized carbons (Fsp3) is 0.571. The van der Waals surface area contributed by atoms with Crippen LogP contribution in [0.15, 0.2) is 24.3 Å². The van der Waals surface area contributed by atoms with Gasteiger partial charge in [0.15, 0.2) is 0 Å². The fourth-order valence-corrected chi connectivity index (χ4v) is 2.63. The van der Waals surface area contributed by atoms with Gasteiger partial charge in [-0.1, -0.05) is 23.7 Å². The topological polar surface area (TPSA) is 32.3 Å². The molecule has 17 heavy (non-hydrogen) atoms. The molecule has 2 rings (SSSR count). The Labute approximate surface area is 108 Å². The van der Waals surface area contributed by atoms with Gasteiger partial charge in [0.1, 0.15) is 0 Å². The predicted octanol–water partition coefficient (Wildman–Crippen LogP) is 2.98. The van der Waals surface area contributed by atoms with E-state index in [0.29, 0.717) is 0 Å². The Kier molecular flexibility index (Phi) is 4.84. The molecule has 1 saturated carbocycles. The zero-order valence-corrected chi connectivity index (χ0v) is 10.8. The van der Waals surface area contributed by atoms with Gasteiger partial charge < -0.3 is 10.4 Å². The molecule has 1 fully saturated rings. The Morgan fingerprint density at radius 1 is 1.24 bits per heavy atom. The fourth-order valence-electron chi connectivity index (χ4n) is 2.42. The van der Waals surface area contributed by atoms with E-state index in [1.807, 2.05) is 18.2 Å². The van der Waals surface area contributed by atoms with Gasteiger partial charge in [-0.15, -0.1) is 0 Å². The molecule has 1 aliphatic rings. The van der Waals surface area contributed by atoms with E-state index in [-0.39, 0.29) is 6.10 Å². The van der Waals surface area contributed by atoms with Crippen molar-refractivity contribution in [2.45, 2.75) is 38.3 Å². The molecule has 94 valence electrons. The molecule has 0 aromatic heterocycles. The van der Waals surface area contributed by atoms with E-state index in [9.17, 15) is 5.11 Å². The number of aliphatic hydroxyl groups excluding tert-OH is 1. The second kappa shape index (κ2) is 6.39. The Hall–Kier alpha value is -0.570. The number of nitrogens with one attached hydrogen (secondary N) is 1. The first kappa shape index (κ1) is 12.9. The van der Waals surface area contributed by atoms with Crippen molar-refractivity contribution in [1.29, 1.82) is 0 Å². The minimum atomic E-state index is -0.0563. The number of aliphatic hydroxyl groups is 1. The number of halogens is 1. The van der Waals surface area contributed by atoms with Crippen molar-refractivity contribution in [2.75, 3.05) is 6.54 Å². The Balaban J connectivity index is 1.69. The van der Waals surface area contributed by atoms with Crippen molar-refractivity contribution in [3.63, 3.8) is 0 Å². The summed E-state index contributed by atoms with van der Waals surface area (Å²) in [6, 6.07) is 7.96. The predicted molar refractivity (Wildman–Crippen MR) is 71.1 cm³/mol. The van der Waals surface area contributed by atoms with Crippen LogP contribution in [0, 0.1) is 5.92 Å². The monoisotopic (exact) mass is 253 g/mol. The zero-order chi connectivity index (χ0) is 12.1. The average Bonchev–Trinajstić information content (AvgIpc) is 2.32. The lowest BCUT2D eigenvalue weighted by Gasteiger charge is -2.25. The molecule has 3 heteroatoms. The lowest BCUT2D eigenvalue weighted by atomic mass is 9.87. The van der Waals surface area contributed by atoms with Gasteiger partial charge in [0.05, 0.1) is 6.10 Å². The highest BCUT2D eigenvalue weighted by molar-refractivity contribution is 6.30. The van der Waals surface area contributed by atoms with Gasteiger partial charge in [-0.3, -0.25) is 0 Å². The molecule has 0 spiro atoms. The number of rotatable bonds is 4. The Morgan fingerprint density at radius 3 is 2.71 bits per heavy atom. The molecular weight excluding hydrogens is 234 g/mol. The molecule has 0 radical (unpaired) electrons. The molecule has 0 atom stereocenters. The summed E-state index contributed by atoms with van der Waals surface area (Å²) < 4.78 is 0. The molecule has 2 nitrogen and oxygen atoms in total. The zero-order valence-electron chi connectivity index (χ0n) is 10.0. The van der Waals surface area contributed by atoms with Crippen LogP contribution in [0.4, 0.5) is 0 Å². The quantitative estimate of drug-likeness (QED) is 0.865. The Morgan fingerprint density at radius 2 is 2.00 bits per heavy atom. The minimum Gasteiger partial charge on any atom is -0.393 e. The van der Waals surface area contributed by atoms with E-state index in [1.165, 1.54) is 5.56 Å². The van der Waals surface area contributed by atoms with Crippen molar-refractivity contribution < 1.29 is 5.11 Å². The molecule has 0 heterocycles. The third kappa shape index (κ3) is 4.30. The lowest BCUT2D eigenvalue weighted by molar-refractivity contribution is 0.108. The standard InChI is InChI=1S/C14H20ClNO/c15-13-3-1-2-12(8-13)10-16-9-11-4-6-14(17)7-5-11/h1-3,8,11,14,16-17H,4-7,9-10H2. The van der Waals surface area contributed by atoms with Gasteiger partial charge in [-0.25, -0.2) is 0 Å². The Bertz CT molecular complexity index is 348. The SMILES string of the molecule is OC1CCC(CNCc2cccc(Cl)c2)CC1. The molecule has 0 bridgehead atoms. The maximum absolute atomic E-state index is 9.43. The third-order valence-corrected chi connectivity index (χ3v) is 3.70. The minimum absolute atomic E-state index is 0.0563. The normalized spacial score (nSPS) is 24.8. The van der Waals surface area contributed by atoms with Crippen molar-refractivity contribution in [3.8, 4) is 0 Å². The summed E-state index contributed by atoms with van der Waals surface area (Å²) in [5, 5.41) is 13.7. The van der Waals surface area contributed by atoms with Crippen LogP contribution in [-0.2, 0) is 6.54 Å². The molecular formula is C14H20ClNO. The van der Waals surface area contributed by atoms with Crippen LogP contribution >= 0.6 is 11.6 Å². The van der Waals surface area contributed by atoms with Crippen LogP contribution in [-0.4, -0.2) is 17.8 Å². The van der Waals surface area contributed by atoms with Crippen LogP contribution in [0.2, 0.25) is 5.02 Å². The molecule has 1 aromatic carbocycles. The summed E-state index contributed by atoms with van der Waals surface area (Å²) >= 11 is 5.93. The second-order valence-corrected chi connectivity index (χ2v) is 5.37. The van der Waals surface area contributed by atoms with Gasteiger partial charge >= 0.3 is 0 Å². The van der Waals surface area contributed by atoms with Crippen LogP contribution in [0.3, 0.4) is 0 Å². The van der Waals surface area contributed by atoms with E-state index in [2.05, 4.69) is 11.4 Å². The van der Waals surface area contributed by atoms with Crippen molar-refractivity contribution in [2.24, 2.45) is 5.92 Å². The highest BCUT2D eigenvalue weighted by atomic mass is 35.5. The van der Waals surface area contributed by atoms with E-state index < -0.39 is 0 Å². The maximum atomic E-state index is 9.43. The number of hydrogen-bond acceptors (Lipinski definition) is 2. The summed E-state index contributed by atoms with van der Waals surface area (Å²) in [5.74, 6) is 0.720. The van der Waals surface area contributed by atoms with E-state index in [1.54, 1.807) is 0 Å². The van der Waals surface area contributed by atoms with E-state index >= 15 is 0 Å². The average molecular weight is 254 g/mol. The summed E-state index contributed by atoms with van der Waals surface area (Å²) in [6.07, 6.45) is 4.15. The number of hydrogen-bond donors (Lipinski definition) is 2. The highest BCUT2D eigenvalue weighted by Crippen LogP contribution is 2.23. The molecule has 0 aliphatic heterocycles. The van der Waals surface area contributed by atoms with E-state index in [0.717, 1.165) is 49.7 Å². The molecule has 0 amide bonds. The molecule has 2 N–H and O–H groups in total. The summed E-state index contributed by atoms with van der Waals surface area (Å²) in [4.78, 5) is 0. The maximum Gasteiger partial charge on any atom is 0.0540 e. The van der Waals surface area contributed by atoms with Crippen molar-refractivity contribution >= 4 is 11.6 Å². The highest BCUT2D eigenvalue weighted by Gasteiger charge is 2.18. The van der Waals surface area contributed by atoms with Gasteiger partial charge in [0, 0.05) is 11.6 Å². The van der Waals surface area contributed by atoms with Crippen molar-refractivity contribution in [3.05, 3.63) is 34.9 Å². The second-order valence-electron chi connectivity index (χ2n) is 4.94. The van der Waals surface area contributed by atoms with Crippen molar-refractivity contribution in [1.82, 2.24) is 5.32 Å². The number of benzene rings is 1. The largest absolute Gasteiger partial charge is 0.393 e. The smallest absolute Gasteiger partial charge is 0.0540 e. The molecule has 0 saturated heterocycles. The first-order valence-electron chi connectivity index (χ1n) is 6.37.